The molecule has 0 N–H and O–H groups in total. The molecular weight excluding hydrogens is 320 g/mol. The maximum absolute atomic E-state index is 12.4. The van der Waals surface area contributed by atoms with Crippen LogP contribution in [0.2, 0.25) is 0 Å². The summed E-state index contributed by atoms with van der Waals surface area (Å²) in [7, 11) is 1.30. The summed E-state index contributed by atoms with van der Waals surface area (Å²) in [6, 6.07) is 12.7. The van der Waals surface area contributed by atoms with Gasteiger partial charge in [-0.15, -0.1) is 0 Å². The van der Waals surface area contributed by atoms with Crippen molar-refractivity contribution in [3.05, 3.63) is 64.9 Å². The Kier molecular flexibility index (Phi) is 4.57. The van der Waals surface area contributed by atoms with Gasteiger partial charge in [0.05, 0.1) is 12.7 Å². The lowest BCUT2D eigenvalue weighted by molar-refractivity contribution is -0.147. The fourth-order valence-electron chi connectivity index (χ4n) is 2.47. The lowest BCUT2D eigenvalue weighted by Crippen LogP contribution is -2.24. The van der Waals surface area contributed by atoms with Gasteiger partial charge in [-0.2, -0.15) is 0 Å². The number of ether oxygens (including phenoxy) is 3. The summed E-state index contributed by atoms with van der Waals surface area (Å²) in [6.45, 7) is 3.59. The van der Waals surface area contributed by atoms with Gasteiger partial charge in [0, 0.05) is 6.07 Å². The van der Waals surface area contributed by atoms with Gasteiger partial charge >= 0.3 is 5.97 Å². The third kappa shape index (κ3) is 3.55. The second kappa shape index (κ2) is 6.81. The molecule has 0 bridgehead atoms. The van der Waals surface area contributed by atoms with Gasteiger partial charge in [-0.1, -0.05) is 29.8 Å². The van der Waals surface area contributed by atoms with Gasteiger partial charge in [0.25, 0.3) is 0 Å². The van der Waals surface area contributed by atoms with Gasteiger partial charge in [-0.05, 0) is 37.6 Å². The Morgan fingerprint density at radius 2 is 1.88 bits per heavy atom. The Morgan fingerprint density at radius 1 is 1.16 bits per heavy atom. The topological polar surface area (TPSA) is 61.8 Å². The number of methoxy groups -OCH3 is 1. The molecule has 0 amide bonds. The van der Waals surface area contributed by atoms with Gasteiger partial charge in [0.2, 0.25) is 5.78 Å². The third-order valence-electron chi connectivity index (χ3n) is 3.86. The maximum Gasteiger partial charge on any atom is 0.346 e. The lowest BCUT2D eigenvalue weighted by atomic mass is 10.1. The lowest BCUT2D eigenvalue weighted by Gasteiger charge is -2.12. The molecule has 0 saturated heterocycles. The number of hydrogen-bond acceptors (Lipinski definition) is 5. The summed E-state index contributed by atoms with van der Waals surface area (Å²) < 4.78 is 15.8. The van der Waals surface area contributed by atoms with Crippen molar-refractivity contribution in [1.82, 2.24) is 0 Å². The molecule has 5 nitrogen and oxygen atoms in total. The van der Waals surface area contributed by atoms with Crippen LogP contribution in [0.5, 0.6) is 11.5 Å². The largest absolute Gasteiger partial charge is 0.479 e. The Labute approximate surface area is 145 Å². The molecule has 0 aliphatic carbocycles. The van der Waals surface area contributed by atoms with E-state index in [2.05, 4.69) is 4.74 Å². The number of aryl methyl sites for hydroxylation is 1. The van der Waals surface area contributed by atoms with Crippen LogP contribution >= 0.6 is 0 Å². The first kappa shape index (κ1) is 16.8. The molecule has 0 radical (unpaired) electrons. The number of carbonyl (C=O) groups excluding carboxylic acids is 2. The number of esters is 1. The van der Waals surface area contributed by atoms with Crippen molar-refractivity contribution in [2.45, 2.75) is 20.0 Å². The number of Topliss-reactive ketones (excluding diaryl/α,β-unsaturated/α-hetero) is 1. The summed E-state index contributed by atoms with van der Waals surface area (Å²) in [6.07, 6.45) is 0.960. The third-order valence-corrected chi connectivity index (χ3v) is 3.86. The minimum absolute atomic E-state index is 0.178. The van der Waals surface area contributed by atoms with Crippen LogP contribution in [0.4, 0.5) is 0 Å². The van der Waals surface area contributed by atoms with E-state index in [9.17, 15) is 9.59 Å². The molecule has 1 aliphatic heterocycles. The average molecular weight is 338 g/mol. The van der Waals surface area contributed by atoms with Crippen molar-refractivity contribution in [2.24, 2.45) is 0 Å². The predicted molar refractivity (Wildman–Crippen MR) is 92.7 cm³/mol. The van der Waals surface area contributed by atoms with Crippen molar-refractivity contribution in [3.8, 4) is 11.5 Å². The molecule has 0 fully saturated rings. The van der Waals surface area contributed by atoms with Crippen LogP contribution in [-0.4, -0.2) is 25.0 Å². The Hall–Kier alpha value is -3.08. The van der Waals surface area contributed by atoms with Gasteiger partial charge in [-0.3, -0.25) is 4.79 Å². The van der Waals surface area contributed by atoms with Crippen molar-refractivity contribution in [2.75, 3.05) is 7.11 Å². The van der Waals surface area contributed by atoms with Crippen molar-refractivity contribution >= 4 is 17.8 Å². The fourth-order valence-corrected chi connectivity index (χ4v) is 2.47. The molecule has 1 atom stereocenters. The molecule has 1 aliphatic rings. The first-order chi connectivity index (χ1) is 12.0. The number of benzene rings is 2. The van der Waals surface area contributed by atoms with Crippen LogP contribution in [0.15, 0.2) is 48.2 Å². The zero-order chi connectivity index (χ0) is 18.0. The van der Waals surface area contributed by atoms with Crippen LogP contribution < -0.4 is 9.47 Å². The van der Waals surface area contributed by atoms with E-state index < -0.39 is 12.1 Å². The maximum atomic E-state index is 12.4. The minimum atomic E-state index is -0.747. The summed E-state index contributed by atoms with van der Waals surface area (Å²) in [5, 5.41) is 0. The van der Waals surface area contributed by atoms with Crippen molar-refractivity contribution in [1.29, 1.82) is 0 Å². The Morgan fingerprint density at radius 3 is 2.56 bits per heavy atom. The standard InChI is InChI=1S/C20H18O5/c1-12-4-6-14(7-5-12)10-18-19(21)16-9-8-15(11-17(16)25-18)24-13(2)20(22)23-3/h4-11,13H,1-3H3/t13-/m0/s1. The number of carbonyl (C=O) groups is 2. The van der Waals surface area contributed by atoms with Crippen LogP contribution in [0.25, 0.3) is 6.08 Å². The SMILES string of the molecule is COC(=O)[C@H](C)Oc1ccc2c(c1)OC(=Cc1ccc(C)cc1)C2=O. The fraction of sp³-hybridized carbons (Fsp3) is 0.200. The monoisotopic (exact) mass is 338 g/mol. The van der Waals surface area contributed by atoms with Crippen LogP contribution in [-0.2, 0) is 9.53 Å². The average Bonchev–Trinajstić information content (AvgIpc) is 2.91. The molecule has 2 aromatic rings. The molecule has 5 heteroatoms. The van der Waals surface area contributed by atoms with E-state index in [1.807, 2.05) is 31.2 Å². The summed E-state index contributed by atoms with van der Waals surface area (Å²) >= 11 is 0. The van der Waals surface area contributed by atoms with Crippen molar-refractivity contribution in [3.63, 3.8) is 0 Å². The smallest absolute Gasteiger partial charge is 0.346 e. The highest BCUT2D eigenvalue weighted by molar-refractivity contribution is 6.14. The number of rotatable bonds is 4. The molecular formula is C20H18O5. The first-order valence-electron chi connectivity index (χ1n) is 7.87. The molecule has 0 aromatic heterocycles. The quantitative estimate of drug-likeness (QED) is 0.630. The number of fused-ring (bicyclic) bond motifs is 1. The second-order valence-electron chi connectivity index (χ2n) is 5.79. The zero-order valence-corrected chi connectivity index (χ0v) is 14.2. The van der Waals surface area contributed by atoms with Crippen LogP contribution in [0, 0.1) is 6.92 Å². The van der Waals surface area contributed by atoms with Gasteiger partial charge in [0.15, 0.2) is 11.9 Å². The molecule has 25 heavy (non-hydrogen) atoms. The van der Waals surface area contributed by atoms with E-state index >= 15 is 0 Å². The van der Waals surface area contributed by atoms with E-state index in [0.29, 0.717) is 17.1 Å². The Bertz CT molecular complexity index is 849. The van der Waals surface area contributed by atoms with E-state index in [1.54, 1.807) is 31.2 Å². The zero-order valence-electron chi connectivity index (χ0n) is 14.2. The predicted octanol–water partition coefficient (Wildman–Crippen LogP) is 3.55. The molecule has 0 spiro atoms. The number of hydrogen-bond donors (Lipinski definition) is 0. The number of ketones is 1. The highest BCUT2D eigenvalue weighted by atomic mass is 16.6. The Balaban J connectivity index is 1.81. The molecule has 3 rings (SSSR count). The summed E-state index contributed by atoms with van der Waals surface area (Å²) in [5.41, 5.74) is 2.50. The van der Waals surface area contributed by atoms with Gasteiger partial charge < -0.3 is 14.2 Å². The van der Waals surface area contributed by atoms with Gasteiger partial charge in [0.1, 0.15) is 11.5 Å². The van der Waals surface area contributed by atoms with Crippen molar-refractivity contribution < 1.29 is 23.8 Å². The first-order valence-corrected chi connectivity index (χ1v) is 7.87. The van der Waals surface area contributed by atoms with E-state index in [4.69, 9.17) is 9.47 Å². The highest BCUT2D eigenvalue weighted by Gasteiger charge is 2.28. The van der Waals surface area contributed by atoms with E-state index in [0.717, 1.165) is 11.1 Å². The van der Waals surface area contributed by atoms with Crippen LogP contribution in [0.1, 0.15) is 28.4 Å². The molecule has 0 saturated carbocycles. The summed E-state index contributed by atoms with van der Waals surface area (Å²) in [5.74, 6) is 0.455. The summed E-state index contributed by atoms with van der Waals surface area (Å²) in [4.78, 5) is 23.9. The highest BCUT2D eigenvalue weighted by Crippen LogP contribution is 2.35. The van der Waals surface area contributed by atoms with Gasteiger partial charge in [-0.25, -0.2) is 4.79 Å². The molecule has 0 unspecified atom stereocenters. The second-order valence-corrected chi connectivity index (χ2v) is 5.79. The molecule has 1 heterocycles. The van der Waals surface area contributed by atoms with E-state index in [-0.39, 0.29) is 11.5 Å². The minimum Gasteiger partial charge on any atom is -0.479 e. The van der Waals surface area contributed by atoms with E-state index in [1.165, 1.54) is 7.11 Å². The normalized spacial score (nSPS) is 15.5. The molecule has 128 valence electrons. The van der Waals surface area contributed by atoms with Crippen LogP contribution in [0.3, 0.4) is 0 Å². The molecule has 2 aromatic carbocycles. The number of allylic oxidation sites excluding steroid dienone is 1.